The molecule has 0 aromatic carbocycles. The van der Waals surface area contributed by atoms with Gasteiger partial charge in [-0.1, -0.05) is 6.92 Å². The van der Waals surface area contributed by atoms with Crippen molar-refractivity contribution in [3.63, 3.8) is 0 Å². The summed E-state index contributed by atoms with van der Waals surface area (Å²) in [7, 11) is 0. The zero-order chi connectivity index (χ0) is 9.03. The molecule has 0 bridgehead atoms. The van der Waals surface area contributed by atoms with Crippen molar-refractivity contribution in [3.05, 3.63) is 6.67 Å². The second-order valence-corrected chi connectivity index (χ2v) is 4.95. The van der Waals surface area contributed by atoms with Gasteiger partial charge in [0.05, 0.1) is 13.1 Å². The first-order valence-corrected chi connectivity index (χ1v) is 6.72. The van der Waals surface area contributed by atoms with E-state index in [2.05, 4.69) is 30.4 Å². The maximum absolute atomic E-state index is 2.36. The third-order valence-corrected chi connectivity index (χ3v) is 4.17. The summed E-state index contributed by atoms with van der Waals surface area (Å²) in [5.74, 6) is 0. The number of hydrogen-bond donors (Lipinski definition) is 0. The largest absolute Gasteiger partial charge is 0.377 e. The molecule has 1 fully saturated rings. The molecule has 1 atom stereocenters. The van der Waals surface area contributed by atoms with Crippen LogP contribution < -0.4 is 0 Å². The Hall–Kier alpha value is 0.620. The van der Waals surface area contributed by atoms with Gasteiger partial charge in [-0.2, -0.15) is 0 Å². The molecule has 4 heteroatoms. The van der Waals surface area contributed by atoms with Crippen molar-refractivity contribution in [3.8, 4) is 0 Å². The summed E-state index contributed by atoms with van der Waals surface area (Å²) < 4.78 is 3.45. The maximum atomic E-state index is 2.36. The molecule has 0 amide bonds. The van der Waals surface area contributed by atoms with Crippen molar-refractivity contribution in [1.29, 1.82) is 0 Å². The molecule has 1 saturated heterocycles. The minimum Gasteiger partial charge on any atom is -0.377 e. The Bertz CT molecular complexity index is 143. The standard InChI is InChI=1S/C8H18N2S2/c1-4-6-10(12-3)7-5-9(8-10)11-2/h8H,4-7H2,1-3H3. The predicted octanol–water partition coefficient (Wildman–Crippen LogP) is 2.20. The van der Waals surface area contributed by atoms with Gasteiger partial charge in [0.25, 0.3) is 0 Å². The molecule has 2 nitrogen and oxygen atoms in total. The number of quaternary nitrogens is 1. The van der Waals surface area contributed by atoms with Gasteiger partial charge in [0.15, 0.2) is 0 Å². The van der Waals surface area contributed by atoms with Crippen LogP contribution in [0.1, 0.15) is 13.3 Å². The van der Waals surface area contributed by atoms with Crippen LogP contribution in [0.15, 0.2) is 0 Å². The fraction of sp³-hybridized carbons (Fsp3) is 0.875. The van der Waals surface area contributed by atoms with Crippen LogP contribution in [0.5, 0.6) is 0 Å². The van der Waals surface area contributed by atoms with Crippen LogP contribution in [0.25, 0.3) is 0 Å². The summed E-state index contributed by atoms with van der Waals surface area (Å²) in [6.45, 7) is 8.33. The lowest BCUT2D eigenvalue weighted by Gasteiger charge is -2.39. The molecule has 0 aromatic rings. The highest BCUT2D eigenvalue weighted by Gasteiger charge is 2.26. The van der Waals surface area contributed by atoms with Gasteiger partial charge in [-0.15, -0.1) is 11.9 Å². The van der Waals surface area contributed by atoms with E-state index in [0.29, 0.717) is 0 Å². The molecule has 0 spiro atoms. The highest BCUT2D eigenvalue weighted by atomic mass is 32.2. The molecule has 0 aliphatic carbocycles. The van der Waals surface area contributed by atoms with E-state index in [0.717, 1.165) is 3.89 Å². The Morgan fingerprint density at radius 2 is 2.25 bits per heavy atom. The molecular weight excluding hydrogens is 188 g/mol. The van der Waals surface area contributed by atoms with Crippen molar-refractivity contribution in [2.24, 2.45) is 0 Å². The normalized spacial score (nSPS) is 31.2. The maximum Gasteiger partial charge on any atom is 0.0773 e. The van der Waals surface area contributed by atoms with Gasteiger partial charge in [-0.3, -0.25) is 0 Å². The van der Waals surface area contributed by atoms with Crippen LogP contribution in [-0.2, 0) is 0 Å². The average Bonchev–Trinajstić information content (AvgIpc) is 2.50. The number of nitrogens with zero attached hydrogens (tertiary/aromatic N) is 2. The van der Waals surface area contributed by atoms with Gasteiger partial charge in [0, 0.05) is 24.7 Å². The van der Waals surface area contributed by atoms with Crippen molar-refractivity contribution in [2.45, 2.75) is 13.3 Å². The zero-order valence-electron chi connectivity index (χ0n) is 8.12. The van der Waals surface area contributed by atoms with E-state index in [9.17, 15) is 0 Å². The van der Waals surface area contributed by atoms with Gasteiger partial charge in [-0.25, -0.2) is 0 Å². The Labute approximate surface area is 84.5 Å². The van der Waals surface area contributed by atoms with E-state index in [1.165, 1.54) is 26.1 Å². The van der Waals surface area contributed by atoms with E-state index in [1.54, 1.807) is 0 Å². The van der Waals surface area contributed by atoms with E-state index in [4.69, 9.17) is 0 Å². The first-order chi connectivity index (χ1) is 5.76. The summed E-state index contributed by atoms with van der Waals surface area (Å²) in [6, 6.07) is 0. The molecule has 1 unspecified atom stereocenters. The first kappa shape index (κ1) is 10.7. The Morgan fingerprint density at radius 1 is 1.50 bits per heavy atom. The Kier molecular flexibility index (Phi) is 4.23. The van der Waals surface area contributed by atoms with Gasteiger partial charge in [-0.05, 0) is 19.3 Å². The van der Waals surface area contributed by atoms with Crippen molar-refractivity contribution in [1.82, 2.24) is 4.31 Å². The van der Waals surface area contributed by atoms with Crippen LogP contribution in [0.2, 0.25) is 0 Å². The van der Waals surface area contributed by atoms with E-state index < -0.39 is 0 Å². The summed E-state index contributed by atoms with van der Waals surface area (Å²) in [5, 5.41) is 0. The summed E-state index contributed by atoms with van der Waals surface area (Å²) in [5.41, 5.74) is 0. The second-order valence-electron chi connectivity index (χ2n) is 3.02. The van der Waals surface area contributed by atoms with Gasteiger partial charge < -0.3 is 8.19 Å². The van der Waals surface area contributed by atoms with Crippen LogP contribution in [0, 0.1) is 6.67 Å². The third-order valence-electron chi connectivity index (χ3n) is 2.24. The van der Waals surface area contributed by atoms with E-state index in [1.807, 2.05) is 23.9 Å². The molecule has 72 valence electrons. The van der Waals surface area contributed by atoms with Crippen LogP contribution >= 0.6 is 23.9 Å². The molecule has 0 aromatic heterocycles. The molecule has 1 rings (SSSR count). The summed E-state index contributed by atoms with van der Waals surface area (Å²) >= 11 is 3.78. The smallest absolute Gasteiger partial charge is 0.0773 e. The molecule has 1 aliphatic rings. The molecule has 1 aliphatic heterocycles. The SMILES string of the molecule is CCC[N+]1(SC)[CH-]N(SC)CC1. The Morgan fingerprint density at radius 3 is 2.67 bits per heavy atom. The van der Waals surface area contributed by atoms with Gasteiger partial charge in [0.1, 0.15) is 0 Å². The minimum absolute atomic E-state index is 1.11. The van der Waals surface area contributed by atoms with Gasteiger partial charge in [0.2, 0.25) is 0 Å². The van der Waals surface area contributed by atoms with Crippen molar-refractivity contribution in [2.75, 3.05) is 32.1 Å². The molecule has 1 heterocycles. The third kappa shape index (κ3) is 2.31. The van der Waals surface area contributed by atoms with Crippen molar-refractivity contribution >= 4 is 23.9 Å². The van der Waals surface area contributed by atoms with Crippen LogP contribution in [0.3, 0.4) is 0 Å². The van der Waals surface area contributed by atoms with Crippen LogP contribution in [0.4, 0.5) is 0 Å². The summed E-state index contributed by atoms with van der Waals surface area (Å²) in [4.78, 5) is 0. The van der Waals surface area contributed by atoms with Crippen LogP contribution in [-0.4, -0.2) is 40.3 Å². The van der Waals surface area contributed by atoms with Gasteiger partial charge >= 0.3 is 0 Å². The zero-order valence-corrected chi connectivity index (χ0v) is 9.75. The topological polar surface area (TPSA) is 3.24 Å². The highest BCUT2D eigenvalue weighted by Crippen LogP contribution is 2.32. The van der Waals surface area contributed by atoms with Crippen molar-refractivity contribution < 1.29 is 3.89 Å². The molecule has 12 heavy (non-hydrogen) atoms. The second kappa shape index (κ2) is 4.74. The fourth-order valence-electron chi connectivity index (χ4n) is 1.53. The monoisotopic (exact) mass is 206 g/mol. The molecule has 0 radical (unpaired) electrons. The lowest BCUT2D eigenvalue weighted by atomic mass is 10.4. The minimum atomic E-state index is 1.11. The summed E-state index contributed by atoms with van der Waals surface area (Å²) in [6.07, 6.45) is 5.61. The van der Waals surface area contributed by atoms with E-state index in [-0.39, 0.29) is 0 Å². The molecule has 0 N–H and O–H groups in total. The number of rotatable bonds is 4. The lowest BCUT2D eigenvalue weighted by molar-refractivity contribution is -0.753. The number of hydrogen-bond acceptors (Lipinski definition) is 3. The van der Waals surface area contributed by atoms with E-state index >= 15 is 0 Å². The molecular formula is C8H18N2S2. The Balaban J connectivity index is 2.47. The predicted molar refractivity (Wildman–Crippen MR) is 58.3 cm³/mol. The lowest BCUT2D eigenvalue weighted by Crippen LogP contribution is -2.36. The first-order valence-electron chi connectivity index (χ1n) is 4.35. The fourth-order valence-corrected chi connectivity index (χ4v) is 2.97. The molecule has 0 saturated carbocycles. The quantitative estimate of drug-likeness (QED) is 0.394. The highest BCUT2D eigenvalue weighted by molar-refractivity contribution is 7.96. The average molecular weight is 206 g/mol.